The van der Waals surface area contributed by atoms with E-state index in [0.717, 1.165) is 15.6 Å². The number of rotatable bonds is 4. The lowest BCUT2D eigenvalue weighted by Gasteiger charge is -2.10. The lowest BCUT2D eigenvalue weighted by atomic mass is 10.1. The topological polar surface area (TPSA) is 52.1 Å². The van der Waals surface area contributed by atoms with Crippen molar-refractivity contribution in [3.05, 3.63) is 69.9 Å². The van der Waals surface area contributed by atoms with Crippen molar-refractivity contribution in [1.29, 1.82) is 0 Å². The van der Waals surface area contributed by atoms with Crippen LogP contribution in [0.3, 0.4) is 0 Å². The first-order valence-corrected chi connectivity index (χ1v) is 8.81. The first kappa shape index (κ1) is 17.6. The van der Waals surface area contributed by atoms with Crippen LogP contribution in [-0.2, 0) is 4.74 Å². The van der Waals surface area contributed by atoms with Crippen LogP contribution in [0.4, 0.5) is 0 Å². The molecule has 0 bridgehead atoms. The minimum Gasteiger partial charge on any atom is -0.461 e. The maximum atomic E-state index is 12.3. The molecule has 1 aromatic heterocycles. The van der Waals surface area contributed by atoms with Gasteiger partial charge >= 0.3 is 5.97 Å². The molecule has 0 amide bonds. The van der Waals surface area contributed by atoms with E-state index in [0.29, 0.717) is 16.4 Å². The molecular weight excluding hydrogens is 404 g/mol. The highest BCUT2D eigenvalue weighted by Crippen LogP contribution is 2.28. The summed E-state index contributed by atoms with van der Waals surface area (Å²) in [5.41, 5.74) is 2.88. The molecule has 0 aliphatic rings. The van der Waals surface area contributed by atoms with Gasteiger partial charge in [0, 0.05) is 20.6 Å². The summed E-state index contributed by atoms with van der Waals surface area (Å²) in [5.74, 6) is -0.498. The van der Waals surface area contributed by atoms with E-state index in [4.69, 9.17) is 16.3 Å². The third-order valence-electron chi connectivity index (χ3n) is 3.46. The van der Waals surface area contributed by atoms with Gasteiger partial charge in [0.2, 0.25) is 0 Å². The smallest absolute Gasteiger partial charge is 0.359 e. The highest BCUT2D eigenvalue weighted by Gasteiger charge is 2.19. The molecule has 0 fully saturated rings. The summed E-state index contributed by atoms with van der Waals surface area (Å²) in [6.07, 6.45) is 1.55. The van der Waals surface area contributed by atoms with Crippen LogP contribution in [0.15, 0.2) is 59.2 Å². The standard InChI is InChI=1S/C19H14BrClN2O2/c1-2-25-19(24)18-17(13-6-3-7-14(20)9-13)23-16(11-22-18)12-5-4-8-15(21)10-12/h3-11H,2H2,1H3. The Bertz CT molecular complexity index is 931. The Balaban J connectivity index is 2.16. The SMILES string of the molecule is CCOC(=O)c1ncc(-c2cccc(Cl)c2)nc1-c1cccc(Br)c1. The molecular formula is C19H14BrClN2O2. The van der Waals surface area contributed by atoms with Crippen LogP contribution in [0.1, 0.15) is 17.4 Å². The number of carbonyl (C=O) groups is 1. The van der Waals surface area contributed by atoms with Gasteiger partial charge in [-0.15, -0.1) is 0 Å². The van der Waals surface area contributed by atoms with Crippen molar-refractivity contribution in [1.82, 2.24) is 9.97 Å². The van der Waals surface area contributed by atoms with E-state index < -0.39 is 5.97 Å². The Labute approximate surface area is 159 Å². The van der Waals surface area contributed by atoms with Gasteiger partial charge < -0.3 is 4.74 Å². The summed E-state index contributed by atoms with van der Waals surface area (Å²) in [6.45, 7) is 2.03. The van der Waals surface area contributed by atoms with Gasteiger partial charge in [0.05, 0.1) is 18.5 Å². The fourth-order valence-corrected chi connectivity index (χ4v) is 2.95. The first-order valence-electron chi connectivity index (χ1n) is 7.64. The molecule has 1 heterocycles. The zero-order chi connectivity index (χ0) is 17.8. The van der Waals surface area contributed by atoms with E-state index in [2.05, 4.69) is 25.9 Å². The fraction of sp³-hybridized carbons (Fsp3) is 0.105. The largest absolute Gasteiger partial charge is 0.461 e. The Hall–Kier alpha value is -2.24. The highest BCUT2D eigenvalue weighted by atomic mass is 79.9. The van der Waals surface area contributed by atoms with E-state index in [1.807, 2.05) is 36.4 Å². The van der Waals surface area contributed by atoms with Crippen molar-refractivity contribution in [3.8, 4) is 22.5 Å². The Morgan fingerprint density at radius 2 is 1.92 bits per heavy atom. The molecule has 2 aromatic carbocycles. The third kappa shape index (κ3) is 4.06. The van der Waals surface area contributed by atoms with Gasteiger partial charge in [-0.2, -0.15) is 0 Å². The zero-order valence-corrected chi connectivity index (χ0v) is 15.7. The lowest BCUT2D eigenvalue weighted by Crippen LogP contribution is -2.10. The number of hydrogen-bond acceptors (Lipinski definition) is 4. The van der Waals surface area contributed by atoms with E-state index in [-0.39, 0.29) is 12.3 Å². The number of benzene rings is 2. The molecule has 0 aliphatic carbocycles. The third-order valence-corrected chi connectivity index (χ3v) is 4.19. The normalized spacial score (nSPS) is 10.5. The summed E-state index contributed by atoms with van der Waals surface area (Å²) in [7, 11) is 0. The second-order valence-corrected chi connectivity index (χ2v) is 6.55. The summed E-state index contributed by atoms with van der Waals surface area (Å²) in [5, 5.41) is 0.609. The van der Waals surface area contributed by atoms with E-state index >= 15 is 0 Å². The maximum Gasteiger partial charge on any atom is 0.359 e. The predicted octanol–water partition coefficient (Wildman–Crippen LogP) is 5.40. The quantitative estimate of drug-likeness (QED) is 0.533. The van der Waals surface area contributed by atoms with E-state index in [9.17, 15) is 4.79 Å². The summed E-state index contributed by atoms with van der Waals surface area (Å²) >= 11 is 9.51. The predicted molar refractivity (Wildman–Crippen MR) is 102 cm³/mol. The Kier molecular flexibility index (Phi) is 5.46. The van der Waals surface area contributed by atoms with Crippen LogP contribution in [-0.4, -0.2) is 22.5 Å². The van der Waals surface area contributed by atoms with Crippen molar-refractivity contribution in [2.45, 2.75) is 6.92 Å². The molecule has 0 saturated heterocycles. The Morgan fingerprint density at radius 1 is 1.16 bits per heavy atom. The van der Waals surface area contributed by atoms with Gasteiger partial charge in [0.1, 0.15) is 5.69 Å². The van der Waals surface area contributed by atoms with Crippen LogP contribution in [0.2, 0.25) is 5.02 Å². The number of carbonyl (C=O) groups excluding carboxylic acids is 1. The number of hydrogen-bond donors (Lipinski definition) is 0. The number of aromatic nitrogens is 2. The number of nitrogens with zero attached hydrogens (tertiary/aromatic N) is 2. The Morgan fingerprint density at radius 3 is 2.64 bits per heavy atom. The first-order chi connectivity index (χ1) is 12.1. The van der Waals surface area contributed by atoms with Crippen molar-refractivity contribution < 1.29 is 9.53 Å². The van der Waals surface area contributed by atoms with Crippen LogP contribution in [0.5, 0.6) is 0 Å². The highest BCUT2D eigenvalue weighted by molar-refractivity contribution is 9.10. The minimum absolute atomic E-state index is 0.186. The van der Waals surface area contributed by atoms with Crippen molar-refractivity contribution in [2.24, 2.45) is 0 Å². The molecule has 0 spiro atoms. The molecule has 25 heavy (non-hydrogen) atoms. The van der Waals surface area contributed by atoms with Gasteiger partial charge in [-0.25, -0.2) is 14.8 Å². The molecule has 0 unspecified atom stereocenters. The molecule has 126 valence electrons. The summed E-state index contributed by atoms with van der Waals surface area (Å²) in [6, 6.07) is 14.9. The van der Waals surface area contributed by atoms with Gasteiger partial charge in [-0.3, -0.25) is 0 Å². The molecule has 3 aromatic rings. The van der Waals surface area contributed by atoms with Crippen LogP contribution >= 0.6 is 27.5 Å². The number of halogens is 2. The second kappa shape index (κ2) is 7.76. The summed E-state index contributed by atoms with van der Waals surface area (Å²) in [4.78, 5) is 21.2. The average molecular weight is 418 g/mol. The van der Waals surface area contributed by atoms with Crippen molar-refractivity contribution in [2.75, 3.05) is 6.61 Å². The van der Waals surface area contributed by atoms with Crippen molar-refractivity contribution in [3.63, 3.8) is 0 Å². The zero-order valence-electron chi connectivity index (χ0n) is 13.4. The lowest BCUT2D eigenvalue weighted by molar-refractivity contribution is 0.0520. The van der Waals surface area contributed by atoms with Gasteiger partial charge in [0.25, 0.3) is 0 Å². The molecule has 4 nitrogen and oxygen atoms in total. The van der Waals surface area contributed by atoms with Gasteiger partial charge in [0.15, 0.2) is 5.69 Å². The minimum atomic E-state index is -0.498. The summed E-state index contributed by atoms with van der Waals surface area (Å²) < 4.78 is 5.99. The molecule has 6 heteroatoms. The van der Waals surface area contributed by atoms with Crippen molar-refractivity contribution >= 4 is 33.5 Å². The molecule has 3 rings (SSSR count). The van der Waals surface area contributed by atoms with Crippen LogP contribution in [0.25, 0.3) is 22.5 Å². The molecule has 0 atom stereocenters. The monoisotopic (exact) mass is 416 g/mol. The molecule has 0 N–H and O–H groups in total. The van der Waals surface area contributed by atoms with Crippen LogP contribution in [0, 0.1) is 0 Å². The molecule has 0 radical (unpaired) electrons. The number of esters is 1. The molecule has 0 aliphatic heterocycles. The maximum absolute atomic E-state index is 12.3. The van der Waals surface area contributed by atoms with E-state index in [1.54, 1.807) is 25.3 Å². The van der Waals surface area contributed by atoms with Crippen LogP contribution < -0.4 is 0 Å². The van der Waals surface area contributed by atoms with Gasteiger partial charge in [-0.1, -0.05) is 51.8 Å². The second-order valence-electron chi connectivity index (χ2n) is 5.19. The molecule has 0 saturated carbocycles. The van der Waals surface area contributed by atoms with E-state index in [1.165, 1.54) is 0 Å². The fourth-order valence-electron chi connectivity index (χ4n) is 2.36. The average Bonchev–Trinajstić information content (AvgIpc) is 2.61. The number of ether oxygens (including phenoxy) is 1. The van der Waals surface area contributed by atoms with Gasteiger partial charge in [-0.05, 0) is 31.2 Å².